The Morgan fingerprint density at radius 1 is 1.47 bits per heavy atom. The van der Waals surface area contributed by atoms with Crippen LogP contribution in [0.3, 0.4) is 0 Å². The smallest absolute Gasteiger partial charge is 0.253 e. The summed E-state index contributed by atoms with van der Waals surface area (Å²) in [6.45, 7) is 4.72. The van der Waals surface area contributed by atoms with Gasteiger partial charge < -0.3 is 14.7 Å². The van der Waals surface area contributed by atoms with Crippen LogP contribution in [-0.2, 0) is 0 Å². The second kappa shape index (κ2) is 6.25. The quantitative estimate of drug-likeness (QED) is 0.843. The Kier molecular flexibility index (Phi) is 4.97. The lowest BCUT2D eigenvalue weighted by atomic mass is 10.1. The van der Waals surface area contributed by atoms with Crippen LogP contribution in [0.1, 0.15) is 22.8 Å². The number of hydrogen-bond donors (Lipinski definition) is 1. The van der Waals surface area contributed by atoms with E-state index < -0.39 is 0 Å². The molecule has 1 N–H and O–H groups in total. The number of carbonyl (C=O) groups excluding carboxylic acids is 1. The van der Waals surface area contributed by atoms with E-state index in [1.54, 1.807) is 19.2 Å². The van der Waals surface area contributed by atoms with Crippen molar-refractivity contribution in [3.05, 3.63) is 29.3 Å². The van der Waals surface area contributed by atoms with E-state index in [2.05, 4.69) is 0 Å². The van der Waals surface area contributed by atoms with Crippen molar-refractivity contribution in [2.75, 3.05) is 26.8 Å². The van der Waals surface area contributed by atoms with E-state index in [1.807, 2.05) is 19.9 Å². The first-order valence-electron chi connectivity index (χ1n) is 5.70. The van der Waals surface area contributed by atoms with E-state index in [9.17, 15) is 4.79 Å². The van der Waals surface area contributed by atoms with Gasteiger partial charge in [0.15, 0.2) is 0 Å². The number of aliphatic hydroxyl groups excluding tert-OH is 1. The topological polar surface area (TPSA) is 49.8 Å². The van der Waals surface area contributed by atoms with Gasteiger partial charge in [0.1, 0.15) is 5.75 Å². The first kappa shape index (κ1) is 13.5. The average molecular weight is 237 g/mol. The Bertz CT molecular complexity index is 390. The zero-order chi connectivity index (χ0) is 12.8. The number of benzene rings is 1. The molecule has 17 heavy (non-hydrogen) atoms. The zero-order valence-corrected chi connectivity index (χ0v) is 10.6. The third-order valence-corrected chi connectivity index (χ3v) is 2.52. The van der Waals surface area contributed by atoms with Gasteiger partial charge in [-0.15, -0.1) is 0 Å². The van der Waals surface area contributed by atoms with Crippen molar-refractivity contribution >= 4 is 5.91 Å². The fraction of sp³-hybridized carbons (Fsp3) is 0.462. The molecule has 0 radical (unpaired) electrons. The summed E-state index contributed by atoms with van der Waals surface area (Å²) in [4.78, 5) is 13.4. The highest BCUT2D eigenvalue weighted by Gasteiger charge is 2.12. The maximum Gasteiger partial charge on any atom is 0.253 e. The van der Waals surface area contributed by atoms with Gasteiger partial charge in [0.25, 0.3) is 5.91 Å². The Labute approximate surface area is 102 Å². The van der Waals surface area contributed by atoms with Crippen LogP contribution in [0.25, 0.3) is 0 Å². The van der Waals surface area contributed by atoms with E-state index >= 15 is 0 Å². The van der Waals surface area contributed by atoms with E-state index in [0.717, 1.165) is 11.3 Å². The zero-order valence-electron chi connectivity index (χ0n) is 10.6. The van der Waals surface area contributed by atoms with Crippen molar-refractivity contribution in [2.24, 2.45) is 0 Å². The Morgan fingerprint density at radius 2 is 2.18 bits per heavy atom. The minimum Gasteiger partial charge on any atom is -0.494 e. The van der Waals surface area contributed by atoms with Gasteiger partial charge in [0.2, 0.25) is 0 Å². The monoisotopic (exact) mass is 237 g/mol. The van der Waals surface area contributed by atoms with Gasteiger partial charge in [-0.1, -0.05) is 6.07 Å². The third-order valence-electron chi connectivity index (χ3n) is 2.52. The van der Waals surface area contributed by atoms with Crippen molar-refractivity contribution in [1.29, 1.82) is 0 Å². The summed E-state index contributed by atoms with van der Waals surface area (Å²) in [5.74, 6) is 0.621. The van der Waals surface area contributed by atoms with Gasteiger partial charge >= 0.3 is 0 Å². The van der Waals surface area contributed by atoms with Crippen LogP contribution < -0.4 is 4.74 Å². The molecule has 0 saturated carbocycles. The minimum atomic E-state index is -0.111. The third kappa shape index (κ3) is 3.46. The summed E-state index contributed by atoms with van der Waals surface area (Å²) in [6.07, 6.45) is 0. The number of amides is 1. The number of nitrogens with zero attached hydrogens (tertiary/aromatic N) is 1. The predicted molar refractivity (Wildman–Crippen MR) is 66.4 cm³/mol. The molecule has 0 atom stereocenters. The highest BCUT2D eigenvalue weighted by atomic mass is 16.5. The number of aliphatic hydroxyl groups is 1. The van der Waals surface area contributed by atoms with Crippen molar-refractivity contribution in [3.63, 3.8) is 0 Å². The van der Waals surface area contributed by atoms with Crippen LogP contribution in [0.4, 0.5) is 0 Å². The maximum absolute atomic E-state index is 12.0. The molecular weight excluding hydrogens is 218 g/mol. The molecule has 1 amide bonds. The summed E-state index contributed by atoms with van der Waals surface area (Å²) in [5, 5.41) is 8.80. The second-order valence-corrected chi connectivity index (χ2v) is 3.86. The maximum atomic E-state index is 12.0. The summed E-state index contributed by atoms with van der Waals surface area (Å²) in [6, 6.07) is 5.38. The number of carbonyl (C=O) groups is 1. The van der Waals surface area contributed by atoms with E-state index in [1.165, 1.54) is 4.90 Å². The highest BCUT2D eigenvalue weighted by Crippen LogP contribution is 2.20. The van der Waals surface area contributed by atoms with Crippen LogP contribution in [0.2, 0.25) is 0 Å². The van der Waals surface area contributed by atoms with Gasteiger partial charge in [-0.05, 0) is 31.5 Å². The van der Waals surface area contributed by atoms with Crippen molar-refractivity contribution in [3.8, 4) is 5.75 Å². The molecule has 94 valence electrons. The van der Waals surface area contributed by atoms with Crippen LogP contribution in [-0.4, -0.2) is 42.7 Å². The van der Waals surface area contributed by atoms with Crippen LogP contribution in [0, 0.1) is 6.92 Å². The molecule has 0 aliphatic rings. The molecule has 1 aromatic rings. The van der Waals surface area contributed by atoms with Crippen LogP contribution >= 0.6 is 0 Å². The molecule has 0 aromatic heterocycles. The molecule has 0 aliphatic heterocycles. The fourth-order valence-electron chi connectivity index (χ4n) is 1.52. The fourth-order valence-corrected chi connectivity index (χ4v) is 1.52. The molecule has 0 aliphatic carbocycles. The Morgan fingerprint density at radius 3 is 2.76 bits per heavy atom. The van der Waals surface area contributed by atoms with Gasteiger partial charge in [-0.3, -0.25) is 4.79 Å². The van der Waals surface area contributed by atoms with Gasteiger partial charge in [0.05, 0.1) is 13.2 Å². The van der Waals surface area contributed by atoms with Crippen molar-refractivity contribution in [2.45, 2.75) is 13.8 Å². The molecule has 0 spiro atoms. The molecule has 0 heterocycles. The Hall–Kier alpha value is -1.55. The summed E-state index contributed by atoms with van der Waals surface area (Å²) in [5.41, 5.74) is 1.59. The predicted octanol–water partition coefficient (Wildman–Crippen LogP) is 1.46. The molecular formula is C13H19NO3. The van der Waals surface area contributed by atoms with Crippen molar-refractivity contribution in [1.82, 2.24) is 4.90 Å². The van der Waals surface area contributed by atoms with Gasteiger partial charge in [0, 0.05) is 19.2 Å². The largest absolute Gasteiger partial charge is 0.494 e. The highest BCUT2D eigenvalue weighted by molar-refractivity contribution is 5.94. The molecule has 4 nitrogen and oxygen atoms in total. The lowest BCUT2D eigenvalue weighted by molar-refractivity contribution is 0.0766. The SMILES string of the molecule is CCOc1cc(C(=O)N(C)CCO)ccc1C. The van der Waals surface area contributed by atoms with Crippen molar-refractivity contribution < 1.29 is 14.6 Å². The second-order valence-electron chi connectivity index (χ2n) is 3.86. The number of ether oxygens (including phenoxy) is 1. The first-order chi connectivity index (χ1) is 8.10. The number of hydrogen-bond acceptors (Lipinski definition) is 3. The molecule has 1 aromatic carbocycles. The number of aryl methyl sites for hydroxylation is 1. The van der Waals surface area contributed by atoms with Crippen LogP contribution in [0.15, 0.2) is 18.2 Å². The average Bonchev–Trinajstić information content (AvgIpc) is 2.31. The molecule has 0 fully saturated rings. The number of rotatable bonds is 5. The molecule has 0 saturated heterocycles. The Balaban J connectivity index is 2.91. The summed E-state index contributed by atoms with van der Waals surface area (Å²) in [7, 11) is 1.67. The molecule has 1 rings (SSSR count). The van der Waals surface area contributed by atoms with E-state index in [4.69, 9.17) is 9.84 Å². The first-order valence-corrected chi connectivity index (χ1v) is 5.70. The number of likely N-dealkylation sites (N-methyl/N-ethyl adjacent to an activating group) is 1. The van der Waals surface area contributed by atoms with Gasteiger partial charge in [-0.25, -0.2) is 0 Å². The molecule has 4 heteroatoms. The minimum absolute atomic E-state index is 0.0353. The lowest BCUT2D eigenvalue weighted by Gasteiger charge is -2.16. The molecule has 0 bridgehead atoms. The standard InChI is InChI=1S/C13H19NO3/c1-4-17-12-9-11(6-5-10(12)2)13(16)14(3)7-8-15/h5-6,9,15H,4,7-8H2,1-3H3. The molecule has 0 unspecified atom stereocenters. The van der Waals surface area contributed by atoms with E-state index in [-0.39, 0.29) is 12.5 Å². The summed E-state index contributed by atoms with van der Waals surface area (Å²) < 4.78 is 5.45. The lowest BCUT2D eigenvalue weighted by Crippen LogP contribution is -2.29. The normalized spacial score (nSPS) is 10.1. The van der Waals surface area contributed by atoms with Crippen LogP contribution in [0.5, 0.6) is 5.75 Å². The summed E-state index contributed by atoms with van der Waals surface area (Å²) >= 11 is 0. The van der Waals surface area contributed by atoms with Gasteiger partial charge in [-0.2, -0.15) is 0 Å². The van der Waals surface area contributed by atoms with E-state index in [0.29, 0.717) is 18.7 Å².